The molecule has 0 aromatic heterocycles. The van der Waals surface area contributed by atoms with E-state index in [1.807, 2.05) is 13.8 Å². The van der Waals surface area contributed by atoms with Gasteiger partial charge in [-0.25, -0.2) is 0 Å². The van der Waals surface area contributed by atoms with Gasteiger partial charge in [0, 0.05) is 37.6 Å². The molecule has 0 aliphatic heterocycles. The number of rotatable bonds is 14. The smallest absolute Gasteiger partial charge is 0.550 e. The van der Waals surface area contributed by atoms with Gasteiger partial charge in [-0.1, -0.05) is 26.7 Å². The fourth-order valence-corrected chi connectivity index (χ4v) is 1.89. The van der Waals surface area contributed by atoms with Crippen molar-refractivity contribution in [1.82, 2.24) is 0 Å². The Morgan fingerprint density at radius 2 is 0.840 bits per heavy atom. The molecule has 0 bridgehead atoms. The van der Waals surface area contributed by atoms with Crippen molar-refractivity contribution in [3.05, 3.63) is 0 Å². The number of aliphatic carboxylic acids is 2. The summed E-state index contributed by atoms with van der Waals surface area (Å²) >= 11 is 0. The molecule has 0 radical (unpaired) electrons. The predicted octanol–water partition coefficient (Wildman–Crippen LogP) is 1.33. The molecule has 0 aromatic carbocycles. The van der Waals surface area contributed by atoms with Crippen LogP contribution in [-0.2, 0) is 36.2 Å². The summed E-state index contributed by atoms with van der Waals surface area (Å²) in [6.07, 6.45) is 7.03. The molecule has 7 heteroatoms. The molecule has 0 N–H and O–H groups in total. The number of ketones is 2. The van der Waals surface area contributed by atoms with Gasteiger partial charge < -0.3 is 19.8 Å². The Morgan fingerprint density at radius 3 is 1.08 bits per heavy atom. The average molecular weight is 398 g/mol. The van der Waals surface area contributed by atoms with Gasteiger partial charge >= 0.3 is 17.1 Å². The quantitative estimate of drug-likeness (QED) is 0.322. The van der Waals surface area contributed by atoms with Crippen molar-refractivity contribution in [1.29, 1.82) is 0 Å². The summed E-state index contributed by atoms with van der Waals surface area (Å²) in [5.74, 6) is -1.50. The van der Waals surface area contributed by atoms with Crippen LogP contribution in [0.25, 0.3) is 0 Å². The van der Waals surface area contributed by atoms with E-state index in [0.29, 0.717) is 38.5 Å². The molecule has 0 aliphatic carbocycles. The van der Waals surface area contributed by atoms with Crippen LogP contribution in [0.15, 0.2) is 0 Å². The van der Waals surface area contributed by atoms with Crippen LogP contribution in [0.4, 0.5) is 0 Å². The molecule has 0 saturated carbocycles. The normalized spacial score (nSPS) is 9.36. The Kier molecular flexibility index (Phi) is 23.8. The summed E-state index contributed by atoms with van der Waals surface area (Å²) in [6.45, 7) is 3.67. The summed E-state index contributed by atoms with van der Waals surface area (Å²) in [4.78, 5) is 41.5. The molecule has 0 rings (SSSR count). The first kappa shape index (κ1) is 28.6. The van der Waals surface area contributed by atoms with E-state index in [1.54, 1.807) is 0 Å². The first-order valence-corrected chi connectivity index (χ1v) is 8.76. The van der Waals surface area contributed by atoms with E-state index >= 15 is 0 Å². The zero-order valence-electron chi connectivity index (χ0n) is 15.3. The molecule has 0 aromatic rings. The number of hydrogen-bond donors (Lipinski definition) is 0. The molecule has 0 aliphatic rings. The first-order valence-electron chi connectivity index (χ1n) is 8.76. The number of carbonyl (C=O) groups is 4. The van der Waals surface area contributed by atoms with E-state index < -0.39 is 11.9 Å². The second-order valence-electron chi connectivity index (χ2n) is 5.65. The molecule has 0 heterocycles. The molecule has 0 unspecified atom stereocenters. The molecule has 0 spiro atoms. The van der Waals surface area contributed by atoms with Crippen LogP contribution in [0, 0.1) is 0 Å². The van der Waals surface area contributed by atoms with Gasteiger partial charge in [0.25, 0.3) is 0 Å². The van der Waals surface area contributed by atoms with Crippen molar-refractivity contribution in [3.8, 4) is 0 Å². The second-order valence-corrected chi connectivity index (χ2v) is 5.65. The molecule has 25 heavy (non-hydrogen) atoms. The van der Waals surface area contributed by atoms with Crippen LogP contribution < -0.4 is 10.2 Å². The standard InChI is InChI=1S/2C9H16O3.Fe/c2*1-2-8(10)6-4-3-5-7-9(11)12;/h2*2-7H2,1H3,(H,11,12);/q;;+2/p-2. The Bertz CT molecular complexity index is 346. The Hall–Kier alpha value is -1.20. The number of hydrogen-bond acceptors (Lipinski definition) is 6. The van der Waals surface area contributed by atoms with Gasteiger partial charge in [-0.15, -0.1) is 0 Å². The number of unbranched alkanes of at least 4 members (excludes halogenated alkanes) is 4. The van der Waals surface area contributed by atoms with Crippen molar-refractivity contribution >= 4 is 23.5 Å². The summed E-state index contributed by atoms with van der Waals surface area (Å²) in [6, 6.07) is 0. The van der Waals surface area contributed by atoms with E-state index in [1.165, 1.54) is 0 Å². The van der Waals surface area contributed by atoms with E-state index in [0.717, 1.165) is 25.7 Å². The van der Waals surface area contributed by atoms with Crippen LogP contribution in [0.5, 0.6) is 0 Å². The number of carboxylic acids is 2. The minimum Gasteiger partial charge on any atom is -0.550 e. The molecule has 0 fully saturated rings. The zero-order valence-corrected chi connectivity index (χ0v) is 16.4. The molecule has 6 nitrogen and oxygen atoms in total. The summed E-state index contributed by atoms with van der Waals surface area (Å²) in [5, 5.41) is 19.9. The minimum atomic E-state index is -1.00. The topological polar surface area (TPSA) is 114 Å². The molecule has 0 saturated heterocycles. The van der Waals surface area contributed by atoms with Gasteiger partial charge in [-0.05, 0) is 38.5 Å². The molecular formula is C18H30FeO6. The maximum atomic E-state index is 10.8. The Balaban J connectivity index is -0.000000372. The predicted molar refractivity (Wildman–Crippen MR) is 86.8 cm³/mol. The van der Waals surface area contributed by atoms with Crippen molar-refractivity contribution in [2.75, 3.05) is 0 Å². The second kappa shape index (κ2) is 20.8. The van der Waals surface area contributed by atoms with Gasteiger partial charge in [-0.3, -0.25) is 9.59 Å². The van der Waals surface area contributed by atoms with Crippen LogP contribution >= 0.6 is 0 Å². The van der Waals surface area contributed by atoms with Gasteiger partial charge in [-0.2, -0.15) is 0 Å². The number of carbonyl (C=O) groups excluding carboxylic acids is 4. The van der Waals surface area contributed by atoms with E-state index in [9.17, 15) is 29.4 Å². The summed E-state index contributed by atoms with van der Waals surface area (Å²) in [5.41, 5.74) is 0. The maximum Gasteiger partial charge on any atom is 2.00 e. The number of carboxylic acid groups (broad SMARTS) is 2. The molecule has 146 valence electrons. The SMILES string of the molecule is CCC(=O)CCCCCC(=O)[O-].CCC(=O)CCCCCC(=O)[O-].[Fe+2]. The Labute approximate surface area is 161 Å². The third-order valence-corrected chi connectivity index (χ3v) is 3.46. The number of Topliss-reactive ketones (excluding diaryl/α,β-unsaturated/α-hetero) is 2. The van der Waals surface area contributed by atoms with Gasteiger partial charge in [0.05, 0.1) is 0 Å². The summed E-state index contributed by atoms with van der Waals surface area (Å²) in [7, 11) is 0. The van der Waals surface area contributed by atoms with Crippen LogP contribution in [-0.4, -0.2) is 23.5 Å². The van der Waals surface area contributed by atoms with E-state index in [-0.39, 0.29) is 41.5 Å². The maximum absolute atomic E-state index is 10.8. The third-order valence-electron chi connectivity index (χ3n) is 3.46. The first-order chi connectivity index (χ1) is 11.3. The van der Waals surface area contributed by atoms with Crippen molar-refractivity contribution in [2.24, 2.45) is 0 Å². The van der Waals surface area contributed by atoms with Crippen molar-refractivity contribution in [3.63, 3.8) is 0 Å². The minimum absolute atomic E-state index is 0. The van der Waals surface area contributed by atoms with Gasteiger partial charge in [0.1, 0.15) is 11.6 Å². The molecule has 0 amide bonds. The summed E-state index contributed by atoms with van der Waals surface area (Å²) < 4.78 is 0. The van der Waals surface area contributed by atoms with Gasteiger partial charge in [0.15, 0.2) is 0 Å². The molecule has 0 atom stereocenters. The largest absolute Gasteiger partial charge is 2.00 e. The van der Waals surface area contributed by atoms with E-state index in [4.69, 9.17) is 0 Å². The fourth-order valence-electron chi connectivity index (χ4n) is 1.89. The van der Waals surface area contributed by atoms with Crippen LogP contribution in [0.1, 0.15) is 90.9 Å². The van der Waals surface area contributed by atoms with E-state index in [2.05, 4.69) is 0 Å². The third kappa shape index (κ3) is 27.9. The average Bonchev–Trinajstić information content (AvgIpc) is 2.53. The van der Waals surface area contributed by atoms with Crippen molar-refractivity contribution < 1.29 is 46.5 Å². The monoisotopic (exact) mass is 398 g/mol. The van der Waals surface area contributed by atoms with Gasteiger partial charge in [0.2, 0.25) is 0 Å². The Morgan fingerprint density at radius 1 is 0.560 bits per heavy atom. The molecular weight excluding hydrogens is 368 g/mol. The van der Waals surface area contributed by atoms with Crippen LogP contribution in [0.3, 0.4) is 0 Å². The fraction of sp³-hybridized carbons (Fsp3) is 0.778. The van der Waals surface area contributed by atoms with Crippen LogP contribution in [0.2, 0.25) is 0 Å². The zero-order chi connectivity index (χ0) is 18.8. The van der Waals surface area contributed by atoms with Crippen molar-refractivity contribution in [2.45, 2.75) is 90.9 Å².